The van der Waals surface area contributed by atoms with E-state index in [4.69, 9.17) is 0 Å². The fourth-order valence-electron chi connectivity index (χ4n) is 3.56. The van der Waals surface area contributed by atoms with Gasteiger partial charge in [0.15, 0.2) is 0 Å². The Bertz CT molecular complexity index is 353. The van der Waals surface area contributed by atoms with Crippen molar-refractivity contribution < 1.29 is 14.7 Å². The van der Waals surface area contributed by atoms with Crippen molar-refractivity contribution in [3.63, 3.8) is 0 Å². The second-order valence-electron chi connectivity index (χ2n) is 6.51. The molecular formula is C16H28N2O3. The molecule has 1 heterocycles. The number of nitrogens with one attached hydrogen (secondary N) is 2. The molecule has 0 radical (unpaired) electrons. The average Bonchev–Trinajstić information content (AvgIpc) is 2.72. The van der Waals surface area contributed by atoms with Crippen LogP contribution in [0.15, 0.2) is 0 Å². The largest absolute Gasteiger partial charge is 0.481 e. The van der Waals surface area contributed by atoms with Gasteiger partial charge in [0.1, 0.15) is 0 Å². The van der Waals surface area contributed by atoms with Crippen LogP contribution in [0.2, 0.25) is 0 Å². The highest BCUT2D eigenvalue weighted by molar-refractivity contribution is 5.78. The van der Waals surface area contributed by atoms with Crippen LogP contribution in [0.4, 0.5) is 0 Å². The second kappa shape index (κ2) is 8.37. The van der Waals surface area contributed by atoms with Gasteiger partial charge in [-0.05, 0) is 51.1 Å². The lowest BCUT2D eigenvalue weighted by Crippen LogP contribution is -2.43. The van der Waals surface area contributed by atoms with Gasteiger partial charge < -0.3 is 15.7 Å². The van der Waals surface area contributed by atoms with Crippen LogP contribution in [-0.4, -0.2) is 36.1 Å². The Balaban J connectivity index is 1.77. The molecule has 3 unspecified atom stereocenters. The van der Waals surface area contributed by atoms with E-state index in [0.717, 1.165) is 45.2 Å². The van der Waals surface area contributed by atoms with E-state index >= 15 is 0 Å². The Morgan fingerprint density at radius 1 is 1.10 bits per heavy atom. The standard InChI is InChI=1S/C16H28N2O3/c19-15(9-8-12-5-4-10-17-11-12)18-14-7-3-1-2-6-13(14)16(20)21/h12-14,17H,1-11H2,(H,18,19)(H,20,21). The molecule has 3 atom stereocenters. The first-order chi connectivity index (χ1) is 10.2. The summed E-state index contributed by atoms with van der Waals surface area (Å²) in [6, 6.07) is -0.179. The third kappa shape index (κ3) is 5.30. The van der Waals surface area contributed by atoms with E-state index in [9.17, 15) is 14.7 Å². The molecule has 1 aliphatic carbocycles. The monoisotopic (exact) mass is 296 g/mol. The van der Waals surface area contributed by atoms with Gasteiger partial charge in [0.25, 0.3) is 0 Å². The molecule has 0 aromatic carbocycles. The molecule has 5 heteroatoms. The van der Waals surface area contributed by atoms with Crippen LogP contribution in [0.1, 0.15) is 57.8 Å². The number of hydrogen-bond donors (Lipinski definition) is 3. The fraction of sp³-hybridized carbons (Fsp3) is 0.875. The summed E-state index contributed by atoms with van der Waals surface area (Å²) in [4.78, 5) is 23.5. The summed E-state index contributed by atoms with van der Waals surface area (Å²) in [7, 11) is 0. The zero-order valence-corrected chi connectivity index (χ0v) is 12.8. The van der Waals surface area contributed by atoms with E-state index in [0.29, 0.717) is 18.8 Å². The normalized spacial score (nSPS) is 30.4. The highest BCUT2D eigenvalue weighted by Gasteiger charge is 2.30. The van der Waals surface area contributed by atoms with Gasteiger partial charge >= 0.3 is 5.97 Å². The number of piperidine rings is 1. The van der Waals surface area contributed by atoms with Gasteiger partial charge in [0.2, 0.25) is 5.91 Å². The van der Waals surface area contributed by atoms with E-state index in [2.05, 4.69) is 10.6 Å². The van der Waals surface area contributed by atoms with Gasteiger partial charge in [-0.2, -0.15) is 0 Å². The summed E-state index contributed by atoms with van der Waals surface area (Å²) < 4.78 is 0. The van der Waals surface area contributed by atoms with Crippen LogP contribution in [-0.2, 0) is 9.59 Å². The lowest BCUT2D eigenvalue weighted by atomic mass is 9.93. The molecule has 2 fully saturated rings. The minimum atomic E-state index is -0.765. The highest BCUT2D eigenvalue weighted by atomic mass is 16.4. The van der Waals surface area contributed by atoms with Crippen molar-refractivity contribution in [2.45, 2.75) is 63.8 Å². The fourth-order valence-corrected chi connectivity index (χ4v) is 3.56. The van der Waals surface area contributed by atoms with E-state index < -0.39 is 11.9 Å². The number of rotatable bonds is 5. The van der Waals surface area contributed by atoms with Gasteiger partial charge in [-0.15, -0.1) is 0 Å². The predicted octanol–water partition coefficient (Wildman–Crippen LogP) is 1.92. The number of amides is 1. The first-order valence-corrected chi connectivity index (χ1v) is 8.39. The summed E-state index contributed by atoms with van der Waals surface area (Å²) >= 11 is 0. The van der Waals surface area contributed by atoms with Crippen molar-refractivity contribution in [3.05, 3.63) is 0 Å². The molecule has 1 aliphatic heterocycles. The molecule has 3 N–H and O–H groups in total. The Morgan fingerprint density at radius 3 is 2.62 bits per heavy atom. The van der Waals surface area contributed by atoms with Crippen LogP contribution in [0, 0.1) is 11.8 Å². The molecule has 5 nitrogen and oxygen atoms in total. The quantitative estimate of drug-likeness (QED) is 0.677. The molecule has 0 aromatic rings. The highest BCUT2D eigenvalue weighted by Crippen LogP contribution is 2.24. The van der Waals surface area contributed by atoms with Gasteiger partial charge in [-0.1, -0.05) is 19.3 Å². The summed E-state index contributed by atoms with van der Waals surface area (Å²) in [6.45, 7) is 2.10. The van der Waals surface area contributed by atoms with Crippen molar-refractivity contribution >= 4 is 11.9 Å². The molecule has 1 saturated heterocycles. The number of carbonyl (C=O) groups excluding carboxylic acids is 1. The number of carboxylic acid groups (broad SMARTS) is 1. The topological polar surface area (TPSA) is 78.4 Å². The predicted molar refractivity (Wildman–Crippen MR) is 81.0 cm³/mol. The lowest BCUT2D eigenvalue weighted by Gasteiger charge is -2.25. The SMILES string of the molecule is O=C(CCC1CCCNC1)NC1CCCCCC1C(=O)O. The van der Waals surface area contributed by atoms with Crippen LogP contribution >= 0.6 is 0 Å². The maximum Gasteiger partial charge on any atom is 0.308 e. The van der Waals surface area contributed by atoms with Gasteiger partial charge in [0.05, 0.1) is 5.92 Å². The lowest BCUT2D eigenvalue weighted by molar-refractivity contribution is -0.143. The summed E-state index contributed by atoms with van der Waals surface area (Å²) in [5.74, 6) is -0.556. The molecule has 0 bridgehead atoms. The van der Waals surface area contributed by atoms with E-state index in [1.807, 2.05) is 0 Å². The third-order valence-electron chi connectivity index (χ3n) is 4.86. The maximum absolute atomic E-state index is 12.1. The van der Waals surface area contributed by atoms with Crippen molar-refractivity contribution in [1.29, 1.82) is 0 Å². The van der Waals surface area contributed by atoms with E-state index in [1.165, 1.54) is 12.8 Å². The van der Waals surface area contributed by atoms with E-state index in [-0.39, 0.29) is 11.9 Å². The Kier molecular flexibility index (Phi) is 6.49. The second-order valence-corrected chi connectivity index (χ2v) is 6.51. The summed E-state index contributed by atoms with van der Waals surface area (Å²) in [5, 5.41) is 15.7. The Labute approximate surface area is 126 Å². The van der Waals surface area contributed by atoms with Gasteiger partial charge in [-0.25, -0.2) is 0 Å². The smallest absolute Gasteiger partial charge is 0.308 e. The summed E-state index contributed by atoms with van der Waals surface area (Å²) in [5.41, 5.74) is 0. The van der Waals surface area contributed by atoms with Crippen molar-refractivity contribution in [1.82, 2.24) is 10.6 Å². The maximum atomic E-state index is 12.1. The van der Waals surface area contributed by atoms with Crippen molar-refractivity contribution in [3.8, 4) is 0 Å². The molecule has 1 amide bonds. The van der Waals surface area contributed by atoms with Crippen molar-refractivity contribution in [2.75, 3.05) is 13.1 Å². The van der Waals surface area contributed by atoms with Gasteiger partial charge in [-0.3, -0.25) is 9.59 Å². The molecule has 120 valence electrons. The molecule has 21 heavy (non-hydrogen) atoms. The molecule has 2 aliphatic rings. The minimum absolute atomic E-state index is 0.0266. The molecule has 1 saturated carbocycles. The zero-order chi connectivity index (χ0) is 15.1. The Morgan fingerprint density at radius 2 is 1.90 bits per heavy atom. The number of aliphatic carboxylic acids is 1. The van der Waals surface area contributed by atoms with E-state index in [1.54, 1.807) is 0 Å². The zero-order valence-electron chi connectivity index (χ0n) is 12.8. The first-order valence-electron chi connectivity index (χ1n) is 8.39. The molecular weight excluding hydrogens is 268 g/mol. The van der Waals surface area contributed by atoms with Crippen LogP contribution < -0.4 is 10.6 Å². The molecule has 0 aromatic heterocycles. The molecule has 2 rings (SSSR count). The van der Waals surface area contributed by atoms with Crippen molar-refractivity contribution in [2.24, 2.45) is 11.8 Å². The number of carbonyl (C=O) groups is 2. The Hall–Kier alpha value is -1.10. The van der Waals surface area contributed by atoms with Crippen LogP contribution in [0.25, 0.3) is 0 Å². The van der Waals surface area contributed by atoms with Crippen LogP contribution in [0.3, 0.4) is 0 Å². The van der Waals surface area contributed by atoms with Gasteiger partial charge in [0, 0.05) is 12.5 Å². The number of carboxylic acids is 1. The first kappa shape index (κ1) is 16.3. The minimum Gasteiger partial charge on any atom is -0.481 e. The van der Waals surface area contributed by atoms with Crippen LogP contribution in [0.5, 0.6) is 0 Å². The summed E-state index contributed by atoms with van der Waals surface area (Å²) in [6.07, 6.45) is 8.35. The molecule has 0 spiro atoms. The number of hydrogen-bond acceptors (Lipinski definition) is 3. The third-order valence-corrected chi connectivity index (χ3v) is 4.86. The average molecular weight is 296 g/mol.